The van der Waals surface area contributed by atoms with E-state index >= 15 is 0 Å². The fraction of sp³-hybridized carbons (Fsp3) is 0.176. The van der Waals surface area contributed by atoms with Crippen LogP contribution >= 0.6 is 0 Å². The Kier molecular flexibility index (Phi) is 3.34. The fourth-order valence-electron chi connectivity index (χ4n) is 2.60. The molecule has 0 bridgehead atoms. The number of H-pyrrole nitrogens is 1. The maximum Gasteiger partial charge on any atom is 0.0503 e. The number of rotatable bonds is 4. The molecule has 0 aliphatic heterocycles. The molecular weight excluding hydrogens is 234 g/mol. The maximum absolute atomic E-state index is 9.70. The predicted molar refractivity (Wildman–Crippen MR) is 78.3 cm³/mol. The summed E-state index contributed by atoms with van der Waals surface area (Å²) < 4.78 is 0. The van der Waals surface area contributed by atoms with Crippen molar-refractivity contribution in [3.8, 4) is 0 Å². The number of aromatic amines is 1. The summed E-state index contributed by atoms with van der Waals surface area (Å²) in [6.07, 6.45) is 2.88. The van der Waals surface area contributed by atoms with Gasteiger partial charge in [-0.1, -0.05) is 48.5 Å². The summed E-state index contributed by atoms with van der Waals surface area (Å²) in [6.45, 7) is 0.163. The molecule has 0 amide bonds. The summed E-state index contributed by atoms with van der Waals surface area (Å²) in [6, 6.07) is 18.5. The minimum absolute atomic E-state index is 0.138. The number of nitrogens with one attached hydrogen (secondary N) is 1. The van der Waals surface area contributed by atoms with Crippen LogP contribution in [0.2, 0.25) is 0 Å². The summed E-state index contributed by atoms with van der Waals surface area (Å²) in [5, 5.41) is 10.9. The lowest BCUT2D eigenvalue weighted by atomic mass is 9.92. The van der Waals surface area contributed by atoms with Crippen LogP contribution in [0, 0.1) is 0 Å². The molecule has 1 heterocycles. The average molecular weight is 251 g/mol. The molecule has 0 saturated heterocycles. The standard InChI is InChI=1S/C17H17NO/c19-12-14(10-13-6-2-1-3-7-13)16-11-18-17-9-5-4-8-15(16)17/h1-9,11,14,18-19H,10,12H2/t14-/m1/s1. The second-order valence-corrected chi connectivity index (χ2v) is 4.86. The van der Waals surface area contributed by atoms with Gasteiger partial charge in [0.25, 0.3) is 0 Å². The zero-order valence-electron chi connectivity index (χ0n) is 10.7. The van der Waals surface area contributed by atoms with Crippen LogP contribution in [-0.4, -0.2) is 16.7 Å². The highest BCUT2D eigenvalue weighted by atomic mass is 16.3. The molecule has 2 N–H and O–H groups in total. The molecule has 0 aliphatic rings. The molecule has 3 aromatic rings. The van der Waals surface area contributed by atoms with Crippen LogP contribution in [0.25, 0.3) is 10.9 Å². The van der Waals surface area contributed by atoms with Crippen molar-refractivity contribution in [2.75, 3.05) is 6.61 Å². The van der Waals surface area contributed by atoms with Gasteiger partial charge in [0.05, 0.1) is 6.61 Å². The molecule has 2 heteroatoms. The lowest BCUT2D eigenvalue weighted by Crippen LogP contribution is -2.07. The van der Waals surface area contributed by atoms with Gasteiger partial charge in [-0.2, -0.15) is 0 Å². The summed E-state index contributed by atoms with van der Waals surface area (Å²) in [7, 11) is 0. The van der Waals surface area contributed by atoms with E-state index in [9.17, 15) is 5.11 Å². The Hall–Kier alpha value is -2.06. The Bertz CT molecular complexity index is 657. The number of hydrogen-bond acceptors (Lipinski definition) is 1. The highest BCUT2D eigenvalue weighted by Gasteiger charge is 2.15. The molecule has 96 valence electrons. The first-order valence-electron chi connectivity index (χ1n) is 6.59. The lowest BCUT2D eigenvalue weighted by molar-refractivity contribution is 0.265. The third-order valence-corrected chi connectivity index (χ3v) is 3.61. The third kappa shape index (κ3) is 2.40. The molecular formula is C17H17NO. The van der Waals surface area contributed by atoms with Crippen molar-refractivity contribution in [2.24, 2.45) is 0 Å². The van der Waals surface area contributed by atoms with Gasteiger partial charge in [-0.3, -0.25) is 0 Å². The van der Waals surface area contributed by atoms with Gasteiger partial charge in [0, 0.05) is 23.0 Å². The van der Waals surface area contributed by atoms with Gasteiger partial charge >= 0.3 is 0 Å². The molecule has 19 heavy (non-hydrogen) atoms. The van der Waals surface area contributed by atoms with E-state index < -0.39 is 0 Å². The van der Waals surface area contributed by atoms with E-state index in [0.29, 0.717) is 0 Å². The Balaban J connectivity index is 1.94. The predicted octanol–water partition coefficient (Wildman–Crippen LogP) is 3.49. The Morgan fingerprint density at radius 2 is 1.68 bits per heavy atom. The number of aliphatic hydroxyl groups is 1. The van der Waals surface area contributed by atoms with E-state index in [0.717, 1.165) is 11.9 Å². The molecule has 0 spiro atoms. The monoisotopic (exact) mass is 251 g/mol. The van der Waals surface area contributed by atoms with Crippen molar-refractivity contribution in [3.63, 3.8) is 0 Å². The first kappa shape index (κ1) is 12.0. The van der Waals surface area contributed by atoms with Crippen LogP contribution in [-0.2, 0) is 6.42 Å². The molecule has 0 unspecified atom stereocenters. The number of hydrogen-bond donors (Lipinski definition) is 2. The lowest BCUT2D eigenvalue weighted by Gasteiger charge is -2.13. The van der Waals surface area contributed by atoms with Crippen LogP contribution in [0.3, 0.4) is 0 Å². The minimum Gasteiger partial charge on any atom is -0.396 e. The van der Waals surface area contributed by atoms with Gasteiger partial charge in [0.1, 0.15) is 0 Å². The molecule has 2 nitrogen and oxygen atoms in total. The summed E-state index contributed by atoms with van der Waals surface area (Å²) in [5.41, 5.74) is 3.58. The van der Waals surface area contributed by atoms with Crippen molar-refractivity contribution in [1.82, 2.24) is 4.98 Å². The largest absolute Gasteiger partial charge is 0.396 e. The zero-order valence-corrected chi connectivity index (χ0v) is 10.7. The zero-order chi connectivity index (χ0) is 13.1. The molecule has 3 rings (SSSR count). The van der Waals surface area contributed by atoms with Gasteiger partial charge in [-0.25, -0.2) is 0 Å². The van der Waals surface area contributed by atoms with Gasteiger partial charge in [0.15, 0.2) is 0 Å². The quantitative estimate of drug-likeness (QED) is 0.731. The number of benzene rings is 2. The Morgan fingerprint density at radius 3 is 2.47 bits per heavy atom. The Labute approximate surface area is 112 Å². The van der Waals surface area contributed by atoms with Crippen molar-refractivity contribution >= 4 is 10.9 Å². The van der Waals surface area contributed by atoms with E-state index in [1.807, 2.05) is 36.5 Å². The minimum atomic E-state index is 0.138. The van der Waals surface area contributed by atoms with E-state index in [-0.39, 0.29) is 12.5 Å². The van der Waals surface area contributed by atoms with Crippen molar-refractivity contribution in [3.05, 3.63) is 71.9 Å². The number of aliphatic hydroxyl groups excluding tert-OH is 1. The summed E-state index contributed by atoms with van der Waals surface area (Å²) in [5.74, 6) is 0.138. The summed E-state index contributed by atoms with van der Waals surface area (Å²) >= 11 is 0. The normalized spacial score (nSPS) is 12.7. The third-order valence-electron chi connectivity index (χ3n) is 3.61. The molecule has 0 radical (unpaired) electrons. The van der Waals surface area contributed by atoms with E-state index in [1.165, 1.54) is 16.5 Å². The van der Waals surface area contributed by atoms with E-state index in [1.54, 1.807) is 0 Å². The van der Waals surface area contributed by atoms with Crippen molar-refractivity contribution < 1.29 is 5.11 Å². The van der Waals surface area contributed by atoms with Gasteiger partial charge < -0.3 is 10.1 Å². The highest BCUT2D eigenvalue weighted by Crippen LogP contribution is 2.27. The van der Waals surface area contributed by atoms with Crippen LogP contribution in [0.5, 0.6) is 0 Å². The first-order valence-corrected chi connectivity index (χ1v) is 6.59. The topological polar surface area (TPSA) is 36.0 Å². The van der Waals surface area contributed by atoms with Crippen LogP contribution < -0.4 is 0 Å². The van der Waals surface area contributed by atoms with Gasteiger partial charge in [-0.15, -0.1) is 0 Å². The number of aromatic nitrogens is 1. The second kappa shape index (κ2) is 5.29. The molecule has 0 fully saturated rings. The molecule has 0 aliphatic carbocycles. The fourth-order valence-corrected chi connectivity index (χ4v) is 2.60. The summed E-state index contributed by atoms with van der Waals surface area (Å²) in [4.78, 5) is 3.28. The van der Waals surface area contributed by atoms with E-state index in [2.05, 4.69) is 29.2 Å². The van der Waals surface area contributed by atoms with Gasteiger partial charge in [0.2, 0.25) is 0 Å². The van der Waals surface area contributed by atoms with Crippen molar-refractivity contribution in [1.29, 1.82) is 0 Å². The molecule has 0 saturated carbocycles. The second-order valence-electron chi connectivity index (χ2n) is 4.86. The first-order chi connectivity index (χ1) is 9.38. The average Bonchev–Trinajstić information content (AvgIpc) is 2.90. The molecule has 2 aromatic carbocycles. The number of fused-ring (bicyclic) bond motifs is 1. The van der Waals surface area contributed by atoms with Crippen LogP contribution in [0.1, 0.15) is 17.0 Å². The molecule has 1 atom stereocenters. The van der Waals surface area contributed by atoms with Gasteiger partial charge in [-0.05, 0) is 23.6 Å². The van der Waals surface area contributed by atoms with Crippen LogP contribution in [0.4, 0.5) is 0 Å². The van der Waals surface area contributed by atoms with Crippen molar-refractivity contribution in [2.45, 2.75) is 12.3 Å². The smallest absolute Gasteiger partial charge is 0.0503 e. The van der Waals surface area contributed by atoms with E-state index in [4.69, 9.17) is 0 Å². The number of para-hydroxylation sites is 1. The Morgan fingerprint density at radius 1 is 0.947 bits per heavy atom. The van der Waals surface area contributed by atoms with Crippen LogP contribution in [0.15, 0.2) is 60.8 Å². The SMILES string of the molecule is OC[C@@H](Cc1ccccc1)c1c[nH]c2ccccc12. The maximum atomic E-state index is 9.70. The highest BCUT2D eigenvalue weighted by molar-refractivity contribution is 5.83. The molecule has 1 aromatic heterocycles.